The fourth-order valence-corrected chi connectivity index (χ4v) is 2.56. The Hall–Kier alpha value is -3.23. The van der Waals surface area contributed by atoms with Crippen LogP contribution in [0.4, 0.5) is 13.2 Å². The van der Waals surface area contributed by atoms with Crippen LogP contribution < -0.4 is 14.8 Å². The summed E-state index contributed by atoms with van der Waals surface area (Å²) in [6.07, 6.45) is -4.88. The first-order valence-corrected chi connectivity index (χ1v) is 8.19. The van der Waals surface area contributed by atoms with Crippen molar-refractivity contribution < 1.29 is 37.3 Å². The zero-order valence-electron chi connectivity index (χ0n) is 14.8. The summed E-state index contributed by atoms with van der Waals surface area (Å²) in [5, 5.41) is 11.8. The Bertz CT molecular complexity index is 838. The van der Waals surface area contributed by atoms with E-state index < -0.39 is 29.9 Å². The molecule has 1 atom stereocenters. The second-order valence-corrected chi connectivity index (χ2v) is 5.81. The lowest BCUT2D eigenvalue weighted by Gasteiger charge is -2.17. The molecule has 0 spiro atoms. The number of amides is 1. The Morgan fingerprint density at radius 2 is 1.68 bits per heavy atom. The summed E-state index contributed by atoms with van der Waals surface area (Å²) in [7, 11) is 1.45. The number of nitrogens with one attached hydrogen (secondary N) is 1. The van der Waals surface area contributed by atoms with Crippen LogP contribution in [0.15, 0.2) is 48.5 Å². The Labute approximate surface area is 158 Å². The Kier molecular flexibility index (Phi) is 6.86. The number of carboxylic acids is 1. The van der Waals surface area contributed by atoms with Crippen molar-refractivity contribution in [3.8, 4) is 11.5 Å². The highest BCUT2D eigenvalue weighted by Gasteiger charge is 2.33. The van der Waals surface area contributed by atoms with Crippen molar-refractivity contribution in [1.29, 1.82) is 0 Å². The molecule has 0 heterocycles. The minimum Gasteiger partial charge on any atom is -0.496 e. The van der Waals surface area contributed by atoms with Crippen molar-refractivity contribution in [2.24, 2.45) is 5.92 Å². The molecule has 0 aromatic heterocycles. The molecule has 2 aromatic carbocycles. The molecular formula is C19H18F3NO5. The fraction of sp³-hybridized carbons (Fsp3) is 0.263. The van der Waals surface area contributed by atoms with E-state index in [0.29, 0.717) is 11.3 Å². The summed E-state index contributed by atoms with van der Waals surface area (Å²) in [5.74, 6) is -3.19. The second-order valence-electron chi connectivity index (χ2n) is 5.81. The first-order chi connectivity index (χ1) is 13.2. The highest BCUT2D eigenvalue weighted by Crippen LogP contribution is 2.26. The van der Waals surface area contributed by atoms with Crippen LogP contribution in [0.2, 0.25) is 0 Å². The highest BCUT2D eigenvalue weighted by molar-refractivity contribution is 5.97. The Balaban J connectivity index is 2.10. The molecule has 0 saturated heterocycles. The Morgan fingerprint density at radius 1 is 1.07 bits per heavy atom. The van der Waals surface area contributed by atoms with E-state index in [1.807, 2.05) is 0 Å². The minimum absolute atomic E-state index is 0.0698. The van der Waals surface area contributed by atoms with E-state index in [2.05, 4.69) is 10.1 Å². The summed E-state index contributed by atoms with van der Waals surface area (Å²) in [4.78, 5) is 23.8. The van der Waals surface area contributed by atoms with Crippen LogP contribution in [-0.4, -0.2) is 37.0 Å². The largest absolute Gasteiger partial charge is 0.573 e. The van der Waals surface area contributed by atoms with Crippen LogP contribution in [0.5, 0.6) is 11.5 Å². The van der Waals surface area contributed by atoms with Gasteiger partial charge in [-0.2, -0.15) is 0 Å². The van der Waals surface area contributed by atoms with E-state index in [4.69, 9.17) is 4.74 Å². The molecule has 6 nitrogen and oxygen atoms in total. The molecule has 2 N–H and O–H groups in total. The second kappa shape index (κ2) is 9.12. The molecule has 0 aliphatic heterocycles. The van der Waals surface area contributed by atoms with Crippen LogP contribution in [0, 0.1) is 5.92 Å². The predicted molar refractivity (Wildman–Crippen MR) is 93.3 cm³/mol. The molecule has 1 amide bonds. The zero-order valence-corrected chi connectivity index (χ0v) is 14.8. The van der Waals surface area contributed by atoms with Crippen molar-refractivity contribution in [3.63, 3.8) is 0 Å². The number of methoxy groups -OCH3 is 1. The van der Waals surface area contributed by atoms with Gasteiger partial charge in [-0.25, -0.2) is 0 Å². The average molecular weight is 397 g/mol. The summed E-state index contributed by atoms with van der Waals surface area (Å²) in [6, 6.07) is 11.7. The van der Waals surface area contributed by atoms with Crippen molar-refractivity contribution in [2.45, 2.75) is 12.8 Å². The maximum absolute atomic E-state index is 12.5. The first kappa shape index (κ1) is 21.1. The van der Waals surface area contributed by atoms with Gasteiger partial charge in [0, 0.05) is 6.54 Å². The van der Waals surface area contributed by atoms with Crippen molar-refractivity contribution in [3.05, 3.63) is 59.7 Å². The van der Waals surface area contributed by atoms with Crippen LogP contribution in [0.1, 0.15) is 15.9 Å². The van der Waals surface area contributed by atoms with Gasteiger partial charge in [0.1, 0.15) is 11.5 Å². The van der Waals surface area contributed by atoms with Crippen LogP contribution in [0.3, 0.4) is 0 Å². The van der Waals surface area contributed by atoms with Gasteiger partial charge in [0.25, 0.3) is 5.91 Å². The number of carbonyl (C=O) groups is 2. The van der Waals surface area contributed by atoms with E-state index in [0.717, 1.165) is 12.1 Å². The normalized spacial score (nSPS) is 12.1. The molecule has 0 radical (unpaired) electrons. The number of rotatable bonds is 8. The number of carbonyl (C=O) groups excluding carboxylic acids is 1. The molecule has 0 saturated carbocycles. The van der Waals surface area contributed by atoms with Crippen LogP contribution in [-0.2, 0) is 11.2 Å². The number of ether oxygens (including phenoxy) is 2. The SMILES string of the molecule is COc1ccccc1CC(CNC(=O)c1ccccc1OC(F)(F)F)C(=O)O. The number of para-hydroxylation sites is 2. The van der Waals surface area contributed by atoms with Gasteiger partial charge in [-0.3, -0.25) is 9.59 Å². The number of benzene rings is 2. The van der Waals surface area contributed by atoms with Crippen molar-refractivity contribution in [2.75, 3.05) is 13.7 Å². The van der Waals surface area contributed by atoms with Gasteiger partial charge in [0.05, 0.1) is 18.6 Å². The van der Waals surface area contributed by atoms with Gasteiger partial charge in [-0.1, -0.05) is 30.3 Å². The third kappa shape index (κ3) is 5.90. The molecule has 0 aliphatic carbocycles. The lowest BCUT2D eigenvalue weighted by atomic mass is 9.98. The van der Waals surface area contributed by atoms with Gasteiger partial charge in [-0.15, -0.1) is 13.2 Å². The molecule has 2 aromatic rings. The molecule has 2 rings (SSSR count). The third-order valence-corrected chi connectivity index (χ3v) is 3.87. The molecular weight excluding hydrogens is 379 g/mol. The molecule has 0 bridgehead atoms. The summed E-state index contributed by atoms with van der Waals surface area (Å²) < 4.78 is 46.4. The third-order valence-electron chi connectivity index (χ3n) is 3.87. The van der Waals surface area contributed by atoms with Crippen molar-refractivity contribution >= 4 is 11.9 Å². The number of hydrogen-bond acceptors (Lipinski definition) is 4. The molecule has 0 fully saturated rings. The summed E-state index contributed by atoms with van der Waals surface area (Å²) in [5.41, 5.74) is 0.286. The molecule has 150 valence electrons. The lowest BCUT2D eigenvalue weighted by Crippen LogP contribution is -2.34. The first-order valence-electron chi connectivity index (χ1n) is 8.19. The highest BCUT2D eigenvalue weighted by atomic mass is 19.4. The van der Waals surface area contributed by atoms with E-state index in [9.17, 15) is 27.9 Å². The molecule has 0 aliphatic rings. The number of halogens is 3. The van der Waals surface area contributed by atoms with Gasteiger partial charge in [-0.05, 0) is 30.2 Å². The van der Waals surface area contributed by atoms with Gasteiger partial charge in [0.15, 0.2) is 0 Å². The van der Waals surface area contributed by atoms with Gasteiger partial charge >= 0.3 is 12.3 Å². The molecule has 28 heavy (non-hydrogen) atoms. The van der Waals surface area contributed by atoms with Gasteiger partial charge in [0.2, 0.25) is 0 Å². The average Bonchev–Trinajstić information content (AvgIpc) is 2.64. The predicted octanol–water partition coefficient (Wildman–Crippen LogP) is 3.27. The van der Waals surface area contributed by atoms with E-state index in [1.165, 1.54) is 19.2 Å². The number of carboxylic acid groups (broad SMARTS) is 1. The van der Waals surface area contributed by atoms with Crippen LogP contribution in [0.25, 0.3) is 0 Å². The number of aliphatic carboxylic acids is 1. The van der Waals surface area contributed by atoms with E-state index >= 15 is 0 Å². The van der Waals surface area contributed by atoms with E-state index in [1.54, 1.807) is 24.3 Å². The maximum Gasteiger partial charge on any atom is 0.573 e. The summed E-state index contributed by atoms with van der Waals surface area (Å²) >= 11 is 0. The van der Waals surface area contributed by atoms with Crippen LogP contribution >= 0.6 is 0 Å². The standard InChI is InChI=1S/C19H18F3NO5/c1-27-15-8-4-2-6-12(15)10-13(18(25)26)11-23-17(24)14-7-3-5-9-16(14)28-19(20,21)22/h2-9,13H,10-11H2,1H3,(H,23,24)(H,25,26). The zero-order chi connectivity index (χ0) is 20.7. The maximum atomic E-state index is 12.5. The minimum atomic E-state index is -4.95. The van der Waals surface area contributed by atoms with E-state index in [-0.39, 0.29) is 18.5 Å². The molecule has 9 heteroatoms. The number of hydrogen-bond donors (Lipinski definition) is 2. The summed E-state index contributed by atoms with van der Waals surface area (Å²) in [6.45, 7) is -0.285. The smallest absolute Gasteiger partial charge is 0.496 e. The fourth-order valence-electron chi connectivity index (χ4n) is 2.56. The Morgan fingerprint density at radius 3 is 2.29 bits per heavy atom. The van der Waals surface area contributed by atoms with Gasteiger partial charge < -0.3 is 19.9 Å². The topological polar surface area (TPSA) is 84.9 Å². The number of alkyl halides is 3. The monoisotopic (exact) mass is 397 g/mol. The van der Waals surface area contributed by atoms with Crippen molar-refractivity contribution in [1.82, 2.24) is 5.32 Å². The lowest BCUT2D eigenvalue weighted by molar-refractivity contribution is -0.274. The quantitative estimate of drug-likeness (QED) is 0.714. The molecule has 1 unspecified atom stereocenters.